The van der Waals surface area contributed by atoms with E-state index in [1.165, 1.54) is 26.0 Å². The molecule has 10 rings (SSSR count). The number of fused-ring (bicyclic) bond motifs is 5. The molecule has 0 spiro atoms. The molecule has 9 N–H and O–H groups in total. The first-order chi connectivity index (χ1) is 46.8. The van der Waals surface area contributed by atoms with Gasteiger partial charge in [0.05, 0.1) is 42.3 Å². The Bertz CT molecular complexity index is 3800. The molecule has 0 radical (unpaired) electrons. The molecule has 3 aliphatic carbocycles. The van der Waals surface area contributed by atoms with Gasteiger partial charge in [0.2, 0.25) is 6.23 Å². The molecule has 14 atom stereocenters. The SMILES string of the molecule is CC(=O)O[C@H]1C(=O)[C@@]2(C)[C@H]([C@H](OC(=O)c3ccccc3)[C@]3(O)C[C@H](OC(=O)[C@H](O)[C@@H](NC(=O)c4ccccc4)c4ccccc4)C(C)=C1C3(C)C)[C@]1(OC(C)=O)CO[C@@H]1C[C@@H]2O.Nc1ccn([C@@H]2O[C@H](CO)[C@@H](O)C2(F)F)c(=O)n1.O=C(O)CCCc1ccc(N(CCCl)CCCl)cc1. The fourth-order valence-corrected chi connectivity index (χ4v) is 14.2. The van der Waals surface area contributed by atoms with Crippen LogP contribution < -0.4 is 21.6 Å². The van der Waals surface area contributed by atoms with Gasteiger partial charge in [0.15, 0.2) is 29.7 Å². The highest BCUT2D eigenvalue weighted by molar-refractivity contribution is 6.18. The summed E-state index contributed by atoms with van der Waals surface area (Å²) in [6.07, 6.45) is -13.5. The lowest BCUT2D eigenvalue weighted by Crippen LogP contribution is -2.82. The van der Waals surface area contributed by atoms with E-state index in [0.29, 0.717) is 28.3 Å². The number of ether oxygens (including phenoxy) is 6. The lowest BCUT2D eigenvalue weighted by molar-refractivity contribution is -0.346. The largest absolute Gasteiger partial charge is 0.481 e. The normalized spacial score (nSPS) is 27.5. The summed E-state index contributed by atoms with van der Waals surface area (Å²) in [5, 5.41) is 66.9. The fourth-order valence-electron chi connectivity index (χ4n) is 13.8. The van der Waals surface area contributed by atoms with Crippen LogP contribution in [0, 0.1) is 16.7 Å². The zero-order chi connectivity index (χ0) is 72.5. The van der Waals surface area contributed by atoms with Crippen molar-refractivity contribution in [3.63, 3.8) is 0 Å². The average Bonchev–Trinajstić information content (AvgIpc) is 1.10. The van der Waals surface area contributed by atoms with E-state index < -0.39 is 155 Å². The number of aliphatic carboxylic acids is 1. The van der Waals surface area contributed by atoms with E-state index in [0.717, 1.165) is 56.9 Å². The summed E-state index contributed by atoms with van der Waals surface area (Å²) in [5.74, 6) is -10.3. The Balaban J connectivity index is 0.000000272. The number of hydrogen-bond acceptors (Lipinski definition) is 22. The molecule has 2 saturated heterocycles. The Morgan fingerprint density at radius 3 is 1.96 bits per heavy atom. The molecule has 5 aromatic rings. The van der Waals surface area contributed by atoms with Gasteiger partial charge in [0.25, 0.3) is 5.91 Å². The summed E-state index contributed by atoms with van der Waals surface area (Å²) in [7, 11) is 0. The quantitative estimate of drug-likeness (QED) is 0.0185. The van der Waals surface area contributed by atoms with Gasteiger partial charge in [-0.3, -0.25) is 28.5 Å². The van der Waals surface area contributed by atoms with Gasteiger partial charge in [-0.1, -0.05) is 92.7 Å². The highest BCUT2D eigenvalue weighted by Gasteiger charge is 2.78. The molecule has 99 heavy (non-hydrogen) atoms. The topological polar surface area (TPSA) is 372 Å². The molecule has 2 aliphatic heterocycles. The number of aliphatic hydroxyl groups excluding tert-OH is 4. The number of anilines is 2. The van der Waals surface area contributed by atoms with Crippen LogP contribution in [0.15, 0.2) is 143 Å². The van der Waals surface area contributed by atoms with Crippen molar-refractivity contribution in [1.29, 1.82) is 0 Å². The summed E-state index contributed by atoms with van der Waals surface area (Å²) < 4.78 is 63.0. The summed E-state index contributed by atoms with van der Waals surface area (Å²) in [6.45, 7) is 8.73. The predicted octanol–water partition coefficient (Wildman–Crippen LogP) is 5.83. The number of rotatable bonds is 21. The number of nitrogen functional groups attached to an aromatic ring is 1. The Hall–Kier alpha value is -8.25. The maximum absolute atomic E-state index is 15.5. The second kappa shape index (κ2) is 31.9. The van der Waals surface area contributed by atoms with Gasteiger partial charge in [0.1, 0.15) is 35.8 Å². The van der Waals surface area contributed by atoms with Crippen molar-refractivity contribution >= 4 is 76.2 Å². The van der Waals surface area contributed by atoms with Crippen LogP contribution in [-0.2, 0) is 58.8 Å². The number of carboxylic acids is 1. The van der Waals surface area contributed by atoms with Gasteiger partial charge < -0.3 is 75.0 Å². The first kappa shape index (κ1) is 76.5. The Morgan fingerprint density at radius 1 is 0.838 bits per heavy atom. The number of hydrogen-bond donors (Lipinski definition) is 8. The number of carbonyl (C=O) groups excluding carboxylic acids is 6. The summed E-state index contributed by atoms with van der Waals surface area (Å²) in [6, 6.07) is 32.2. The van der Waals surface area contributed by atoms with Crippen LogP contribution in [0.3, 0.4) is 0 Å². The molecular formula is C70H81Cl2F2N5O20. The van der Waals surface area contributed by atoms with Crippen LogP contribution in [-0.4, -0.2) is 186 Å². The Morgan fingerprint density at radius 2 is 1.43 bits per heavy atom. The number of ketones is 1. The highest BCUT2D eigenvalue weighted by atomic mass is 35.5. The van der Waals surface area contributed by atoms with E-state index in [9.17, 15) is 62.8 Å². The second-order valence-corrected chi connectivity index (χ2v) is 26.3. The van der Waals surface area contributed by atoms with Crippen molar-refractivity contribution < 1.29 is 101 Å². The third kappa shape index (κ3) is 16.0. The fraction of sp³-hybridized carbons (Fsp3) is 0.471. The minimum absolute atomic E-state index is 0.00289. The van der Waals surface area contributed by atoms with E-state index in [2.05, 4.69) is 15.2 Å². The number of alkyl halides is 4. The number of nitrogens with two attached hydrogens (primary N) is 1. The highest BCUT2D eigenvalue weighted by Crippen LogP contribution is 2.64. The summed E-state index contributed by atoms with van der Waals surface area (Å²) >= 11 is 11.5. The number of esters is 4. The molecule has 3 heterocycles. The lowest BCUT2D eigenvalue weighted by atomic mass is 9.44. The van der Waals surface area contributed by atoms with E-state index >= 15 is 4.79 Å². The van der Waals surface area contributed by atoms with E-state index in [1.54, 1.807) is 92.7 Å². The minimum atomic E-state index is -3.71. The number of aryl methyl sites for hydroxylation is 1. The van der Waals surface area contributed by atoms with Crippen LogP contribution in [0.25, 0.3) is 0 Å². The first-order valence-electron chi connectivity index (χ1n) is 31.9. The molecule has 1 amide bonds. The molecule has 534 valence electrons. The number of aromatic nitrogens is 2. The zero-order valence-electron chi connectivity index (χ0n) is 55.1. The van der Waals surface area contributed by atoms with Crippen molar-refractivity contribution in [3.8, 4) is 0 Å². The van der Waals surface area contributed by atoms with Crippen LogP contribution in [0.4, 0.5) is 20.3 Å². The van der Waals surface area contributed by atoms with Gasteiger partial charge in [-0.15, -0.1) is 23.2 Å². The van der Waals surface area contributed by atoms with Crippen molar-refractivity contribution in [2.24, 2.45) is 16.7 Å². The molecule has 1 aromatic heterocycles. The molecule has 25 nitrogen and oxygen atoms in total. The Kier molecular flexibility index (Phi) is 24.7. The van der Waals surface area contributed by atoms with E-state index in [4.69, 9.17) is 67.6 Å². The number of halogens is 4. The van der Waals surface area contributed by atoms with Crippen LogP contribution in [0.2, 0.25) is 0 Å². The predicted molar refractivity (Wildman–Crippen MR) is 353 cm³/mol. The monoisotopic (exact) mass is 1420 g/mol. The van der Waals surface area contributed by atoms with Crippen molar-refractivity contribution in [1.82, 2.24) is 14.9 Å². The minimum Gasteiger partial charge on any atom is -0.481 e. The van der Waals surface area contributed by atoms with Crippen molar-refractivity contribution in [3.05, 3.63) is 171 Å². The van der Waals surface area contributed by atoms with Gasteiger partial charge in [-0.25, -0.2) is 14.4 Å². The van der Waals surface area contributed by atoms with Gasteiger partial charge in [0, 0.05) is 80.8 Å². The van der Waals surface area contributed by atoms with E-state index in [-0.39, 0.29) is 47.5 Å². The number of benzene rings is 4. The number of amides is 1. The van der Waals surface area contributed by atoms with Gasteiger partial charge in [-0.05, 0) is 91.4 Å². The maximum Gasteiger partial charge on any atom is 0.351 e. The standard InChI is InChI=1S/C47H51NO14.C14H19Cl2NO2.C9H11F2N3O4/c1-25-31(60-43(56)36(52)35(28-16-10-7-11-17-28)48-41(54)29-18-12-8-13-19-29)23-47(57)40(61-42(55)30-20-14-9-15-21-30)38-45(6,32(51)22-33-46(38,24-58-33)62-27(3)50)39(53)37(59-26(2)49)34(25)44(47,4)5;15-8-10-17(11-9-16)13-6-4-12(5-7-13)2-1-3-14(18)19;10-9(11)6(16)4(3-15)18-7(9)14-2-1-5(12)13-8(14)17/h7-21,31-33,35-38,40,51-52,57H,22-24H2,1-6H3,(H,48,54);4-7H,1-3,8-11H2,(H,18,19);1-2,4,6-7,15-16H,3H2,(H2,12,13,17)/t31-,32-,33+,35-,36+,37+,38-,40-,45+,46-,47+;;4-,6-,7-/m0.1/s1. The number of carboxylic acid groups (broad SMARTS) is 1. The molecule has 0 unspecified atom stereocenters. The number of carbonyl (C=O) groups is 7. The number of Topliss-reactive ketones (excluding diaryl/α,β-unsaturated/α-hetero) is 1. The van der Waals surface area contributed by atoms with Crippen LogP contribution in [0.1, 0.15) is 111 Å². The lowest BCUT2D eigenvalue weighted by Gasteiger charge is -2.67. The third-order valence-corrected chi connectivity index (χ3v) is 19.3. The van der Waals surface area contributed by atoms with E-state index in [1.807, 2.05) is 24.3 Å². The van der Waals surface area contributed by atoms with Crippen molar-refractivity contribution in [2.45, 2.75) is 152 Å². The Labute approximate surface area is 578 Å². The number of nitrogens with zero attached hydrogens (tertiary/aromatic N) is 3. The molecule has 5 aliphatic rings. The van der Waals surface area contributed by atoms with Gasteiger partial charge in [-0.2, -0.15) is 13.8 Å². The summed E-state index contributed by atoms with van der Waals surface area (Å²) in [5.41, 5.74) is -0.555. The average molecular weight is 1420 g/mol. The zero-order valence-corrected chi connectivity index (χ0v) is 56.6. The first-order valence-corrected chi connectivity index (χ1v) is 32.9. The molecule has 4 aromatic carbocycles. The van der Waals surface area contributed by atoms with Gasteiger partial charge >= 0.3 is 41.5 Å². The van der Waals surface area contributed by atoms with Crippen LogP contribution >= 0.6 is 23.2 Å². The molecule has 29 heteroatoms. The molecule has 2 bridgehead atoms. The third-order valence-electron chi connectivity index (χ3n) is 19.0. The number of aliphatic hydroxyl groups is 5. The molecule has 2 saturated carbocycles. The number of nitrogens with one attached hydrogen (secondary N) is 1. The molecule has 4 fully saturated rings. The maximum atomic E-state index is 15.5. The smallest absolute Gasteiger partial charge is 0.351 e. The second-order valence-electron chi connectivity index (χ2n) is 25.5. The van der Waals surface area contributed by atoms with Crippen molar-refractivity contribution in [2.75, 3.05) is 48.7 Å². The molecular weight excluding hydrogens is 1340 g/mol. The summed E-state index contributed by atoms with van der Waals surface area (Å²) in [4.78, 5) is 111. The van der Waals surface area contributed by atoms with Crippen LogP contribution in [0.5, 0.6) is 0 Å².